The molecule has 0 spiro atoms. The largest absolute Gasteiger partial charge is 0.511 e. The van der Waals surface area contributed by atoms with Gasteiger partial charge in [-0.25, -0.2) is 0 Å². The van der Waals surface area contributed by atoms with E-state index in [1.54, 1.807) is 6.07 Å². The van der Waals surface area contributed by atoms with Crippen LogP contribution in [0.15, 0.2) is 34.7 Å². The van der Waals surface area contributed by atoms with Crippen molar-refractivity contribution in [2.24, 2.45) is 5.16 Å². The van der Waals surface area contributed by atoms with Crippen LogP contribution in [0.1, 0.15) is 44.6 Å². The Balaban J connectivity index is 1.85. The zero-order valence-electron chi connectivity index (χ0n) is 14.9. The van der Waals surface area contributed by atoms with Gasteiger partial charge in [0, 0.05) is 12.8 Å². The maximum atomic E-state index is 12.6. The van der Waals surface area contributed by atoms with Crippen LogP contribution in [0.25, 0.3) is 0 Å². The van der Waals surface area contributed by atoms with Crippen molar-refractivity contribution in [3.05, 3.63) is 35.1 Å². The summed E-state index contributed by atoms with van der Waals surface area (Å²) in [6, 6.07) is 5.43. The maximum Gasteiger partial charge on any atom is 0.262 e. The van der Waals surface area contributed by atoms with E-state index in [0.717, 1.165) is 5.56 Å². The number of hydrogen-bond acceptors (Lipinski definition) is 6. The number of Topliss-reactive ketones (excluding diaryl/α,β-unsaturated/α-hetero) is 1. The molecule has 1 amide bonds. The topological polar surface area (TPSA) is 97.2 Å². The predicted molar refractivity (Wildman–Crippen MR) is 96.6 cm³/mol. The fourth-order valence-corrected chi connectivity index (χ4v) is 3.23. The van der Waals surface area contributed by atoms with Crippen LogP contribution < -0.4 is 10.1 Å². The molecule has 1 heterocycles. The van der Waals surface area contributed by atoms with E-state index in [-0.39, 0.29) is 42.0 Å². The highest BCUT2D eigenvalue weighted by Crippen LogP contribution is 2.38. The van der Waals surface area contributed by atoms with Crippen LogP contribution >= 0.6 is 0 Å². The monoisotopic (exact) mass is 358 g/mol. The molecule has 7 nitrogen and oxygen atoms in total. The van der Waals surface area contributed by atoms with Crippen LogP contribution in [0.5, 0.6) is 5.75 Å². The zero-order valence-corrected chi connectivity index (χ0v) is 14.9. The molecule has 0 radical (unpaired) electrons. The van der Waals surface area contributed by atoms with Crippen molar-refractivity contribution < 1.29 is 24.3 Å². The van der Waals surface area contributed by atoms with Gasteiger partial charge in [-0.1, -0.05) is 18.1 Å². The number of carbonyl (C=O) groups is 2. The number of fused-ring (bicyclic) bond motifs is 1. The first kappa shape index (κ1) is 18.0. The van der Waals surface area contributed by atoms with Gasteiger partial charge in [-0.3, -0.25) is 9.59 Å². The Morgan fingerprint density at radius 2 is 2.15 bits per heavy atom. The van der Waals surface area contributed by atoms with E-state index < -0.39 is 0 Å². The van der Waals surface area contributed by atoms with Gasteiger partial charge in [-0.15, -0.1) is 0 Å². The lowest BCUT2D eigenvalue weighted by Crippen LogP contribution is -2.26. The van der Waals surface area contributed by atoms with Gasteiger partial charge < -0.3 is 20.0 Å². The van der Waals surface area contributed by atoms with Gasteiger partial charge in [0.1, 0.15) is 18.1 Å². The molecule has 0 saturated carbocycles. The highest BCUT2D eigenvalue weighted by atomic mass is 16.6. The van der Waals surface area contributed by atoms with Crippen LogP contribution in [0, 0.1) is 0 Å². The molecule has 7 heteroatoms. The van der Waals surface area contributed by atoms with Crippen molar-refractivity contribution in [1.29, 1.82) is 0 Å². The van der Waals surface area contributed by atoms with Crippen molar-refractivity contribution in [3.8, 4) is 5.75 Å². The van der Waals surface area contributed by atoms with E-state index in [2.05, 4.69) is 10.5 Å². The van der Waals surface area contributed by atoms with Crippen molar-refractivity contribution in [1.82, 2.24) is 0 Å². The van der Waals surface area contributed by atoms with Gasteiger partial charge in [-0.05, 0) is 37.0 Å². The molecule has 1 aliphatic heterocycles. The Kier molecular flexibility index (Phi) is 5.25. The molecule has 1 atom stereocenters. The van der Waals surface area contributed by atoms with Gasteiger partial charge >= 0.3 is 0 Å². The molecule has 1 unspecified atom stereocenters. The summed E-state index contributed by atoms with van der Waals surface area (Å²) in [5, 5.41) is 17.2. The summed E-state index contributed by atoms with van der Waals surface area (Å²) in [5.74, 6) is 0.132. The summed E-state index contributed by atoms with van der Waals surface area (Å²) >= 11 is 0. The van der Waals surface area contributed by atoms with Crippen LogP contribution in [0.2, 0.25) is 0 Å². The summed E-state index contributed by atoms with van der Waals surface area (Å²) in [4.78, 5) is 29.1. The zero-order chi connectivity index (χ0) is 18.7. The number of aliphatic hydroxyl groups is 1. The second-order valence-corrected chi connectivity index (χ2v) is 6.25. The molecule has 138 valence electrons. The highest BCUT2D eigenvalue weighted by Gasteiger charge is 2.32. The number of benzene rings is 1. The molecule has 1 aliphatic carbocycles. The van der Waals surface area contributed by atoms with Gasteiger partial charge in [0.15, 0.2) is 12.4 Å². The molecule has 26 heavy (non-hydrogen) atoms. The van der Waals surface area contributed by atoms with Gasteiger partial charge in [-0.2, -0.15) is 0 Å². The lowest BCUT2D eigenvalue weighted by atomic mass is 9.81. The number of ether oxygens (including phenoxy) is 1. The lowest BCUT2D eigenvalue weighted by Gasteiger charge is -2.25. The number of rotatable bonds is 5. The number of nitrogens with zero attached hydrogens (tertiary/aromatic N) is 1. The van der Waals surface area contributed by atoms with E-state index in [1.165, 1.54) is 0 Å². The number of oxime groups is 1. The number of carbonyl (C=O) groups excluding carboxylic acids is 2. The molecule has 2 N–H and O–H groups in total. The minimum absolute atomic E-state index is 0.0247. The first-order chi connectivity index (χ1) is 12.5. The summed E-state index contributed by atoms with van der Waals surface area (Å²) in [7, 11) is 0. The average Bonchev–Trinajstić information content (AvgIpc) is 2.63. The summed E-state index contributed by atoms with van der Waals surface area (Å²) in [5.41, 5.74) is 2.26. The predicted octanol–water partition coefficient (Wildman–Crippen LogP) is 3.08. The number of aliphatic hydroxyl groups excluding tert-OH is 1. The first-order valence-electron chi connectivity index (χ1n) is 8.74. The second-order valence-electron chi connectivity index (χ2n) is 6.25. The lowest BCUT2D eigenvalue weighted by molar-refractivity contribution is -0.118. The number of allylic oxidation sites excluding steroid dienone is 2. The Morgan fingerprint density at radius 3 is 2.85 bits per heavy atom. The Morgan fingerprint density at radius 1 is 1.35 bits per heavy atom. The molecule has 0 bridgehead atoms. The maximum absolute atomic E-state index is 12.6. The third-order valence-corrected chi connectivity index (χ3v) is 4.48. The van der Waals surface area contributed by atoms with Crippen molar-refractivity contribution in [2.45, 2.75) is 39.0 Å². The number of anilines is 1. The summed E-state index contributed by atoms with van der Waals surface area (Å²) < 4.78 is 5.43. The first-order valence-corrected chi connectivity index (χ1v) is 8.74. The van der Waals surface area contributed by atoms with E-state index in [1.807, 2.05) is 26.0 Å². The molecule has 2 aliphatic rings. The SMILES string of the molecule is CCON=C(CC)C1=C(O)CC(c2ccc3c(c2)OCC(=O)N3)CC1=O. The van der Waals surface area contributed by atoms with Gasteiger partial charge in [0.2, 0.25) is 0 Å². The molecule has 0 fully saturated rings. The average molecular weight is 358 g/mol. The number of nitrogens with one attached hydrogen (secondary N) is 1. The van der Waals surface area contributed by atoms with Crippen LogP contribution in [0.3, 0.4) is 0 Å². The van der Waals surface area contributed by atoms with Crippen molar-refractivity contribution >= 4 is 23.1 Å². The van der Waals surface area contributed by atoms with Gasteiger partial charge in [0.25, 0.3) is 5.91 Å². The highest BCUT2D eigenvalue weighted by molar-refractivity contribution is 6.23. The number of amides is 1. The van der Waals surface area contributed by atoms with Crippen molar-refractivity contribution in [2.75, 3.05) is 18.5 Å². The smallest absolute Gasteiger partial charge is 0.262 e. The molecule has 1 aromatic carbocycles. The van der Waals surface area contributed by atoms with E-state index >= 15 is 0 Å². The Labute approximate surface area is 151 Å². The quantitative estimate of drug-likeness (QED) is 0.623. The van der Waals surface area contributed by atoms with Gasteiger partial charge in [0.05, 0.1) is 17.0 Å². The number of hydrogen-bond donors (Lipinski definition) is 2. The summed E-state index contributed by atoms with van der Waals surface area (Å²) in [6.45, 7) is 4.06. The van der Waals surface area contributed by atoms with E-state index in [0.29, 0.717) is 36.6 Å². The molecule has 0 aromatic heterocycles. The Bertz CT molecular complexity index is 797. The molecule has 1 aromatic rings. The third kappa shape index (κ3) is 3.56. The minimum atomic E-state index is -0.191. The fraction of sp³-hybridized carbons (Fsp3) is 0.421. The van der Waals surface area contributed by atoms with E-state index in [4.69, 9.17) is 9.57 Å². The summed E-state index contributed by atoms with van der Waals surface area (Å²) in [6.07, 6.45) is 1.12. The van der Waals surface area contributed by atoms with E-state index in [9.17, 15) is 14.7 Å². The fourth-order valence-electron chi connectivity index (χ4n) is 3.23. The van der Waals surface area contributed by atoms with Crippen molar-refractivity contribution in [3.63, 3.8) is 0 Å². The number of ketones is 1. The second kappa shape index (κ2) is 7.59. The molecule has 3 rings (SSSR count). The molecule has 0 saturated heterocycles. The molecular weight excluding hydrogens is 336 g/mol. The minimum Gasteiger partial charge on any atom is -0.511 e. The van der Waals surface area contributed by atoms with Crippen LogP contribution in [-0.2, 0) is 14.4 Å². The standard InChI is InChI=1S/C19H22N2O5/c1-3-13(21-26-4-2)19-15(22)7-12(8-16(19)23)11-5-6-14-17(9-11)25-10-18(24)20-14/h5-6,9,12,22H,3-4,7-8,10H2,1-2H3,(H,20,24). The van der Waals surface area contributed by atoms with Crippen LogP contribution in [-0.4, -0.2) is 35.7 Å². The molecular formula is C19H22N2O5. The third-order valence-electron chi connectivity index (χ3n) is 4.48. The normalized spacial score (nSPS) is 20.4. The Hall–Kier alpha value is -2.83. The van der Waals surface area contributed by atoms with Crippen LogP contribution in [0.4, 0.5) is 5.69 Å².